The molecule has 0 spiro atoms. The molecule has 0 aliphatic carbocycles. The number of ether oxygens (including phenoxy) is 1. The molecule has 1 aromatic carbocycles. The Balaban J connectivity index is 1.80. The van der Waals surface area contributed by atoms with Crippen LogP contribution in [0.4, 0.5) is 0 Å². The third kappa shape index (κ3) is 4.22. The first-order valence-corrected chi connectivity index (χ1v) is 7.78. The molecular weight excluding hydrogens is 248 g/mol. The van der Waals surface area contributed by atoms with Crippen LogP contribution in [0.25, 0.3) is 0 Å². The summed E-state index contributed by atoms with van der Waals surface area (Å²) in [5.41, 5.74) is 2.46. The summed E-state index contributed by atoms with van der Waals surface area (Å²) >= 11 is 0. The predicted octanol–water partition coefficient (Wildman–Crippen LogP) is 2.76. The Kier molecular flexibility index (Phi) is 5.86. The Morgan fingerprint density at radius 1 is 1.20 bits per heavy atom. The second-order valence-corrected chi connectivity index (χ2v) is 5.88. The first-order valence-electron chi connectivity index (χ1n) is 7.78. The summed E-state index contributed by atoms with van der Waals surface area (Å²) < 4.78 is 6.00. The lowest BCUT2D eigenvalue weighted by Crippen LogP contribution is -2.35. The first-order chi connectivity index (χ1) is 9.68. The van der Waals surface area contributed by atoms with Gasteiger partial charge in [0.05, 0.1) is 0 Å². The van der Waals surface area contributed by atoms with Gasteiger partial charge < -0.3 is 10.1 Å². The molecule has 0 bridgehead atoms. The van der Waals surface area contributed by atoms with E-state index in [2.05, 4.69) is 49.3 Å². The molecule has 1 aliphatic rings. The molecule has 0 radical (unpaired) electrons. The smallest absolute Gasteiger partial charge is 0.125 e. The number of para-hydroxylation sites is 1. The van der Waals surface area contributed by atoms with E-state index in [1.165, 1.54) is 36.9 Å². The molecule has 1 N–H and O–H groups in total. The van der Waals surface area contributed by atoms with Crippen molar-refractivity contribution in [2.75, 3.05) is 33.3 Å². The van der Waals surface area contributed by atoms with Gasteiger partial charge in [0.1, 0.15) is 12.4 Å². The molecule has 1 heterocycles. The molecule has 112 valence electrons. The molecule has 20 heavy (non-hydrogen) atoms. The van der Waals surface area contributed by atoms with Crippen molar-refractivity contribution in [1.29, 1.82) is 0 Å². The summed E-state index contributed by atoms with van der Waals surface area (Å²) in [6, 6.07) is 7.01. The summed E-state index contributed by atoms with van der Waals surface area (Å²) in [4.78, 5) is 2.46. The molecule has 0 amide bonds. The van der Waals surface area contributed by atoms with Crippen molar-refractivity contribution in [2.24, 2.45) is 0 Å². The molecular formula is C17H28N2O. The third-order valence-electron chi connectivity index (χ3n) is 4.27. The largest absolute Gasteiger partial charge is 0.492 e. The van der Waals surface area contributed by atoms with Gasteiger partial charge in [0.2, 0.25) is 0 Å². The number of aryl methyl sites for hydroxylation is 2. The highest BCUT2D eigenvalue weighted by atomic mass is 16.5. The van der Waals surface area contributed by atoms with Crippen LogP contribution in [-0.2, 0) is 0 Å². The van der Waals surface area contributed by atoms with Crippen molar-refractivity contribution in [2.45, 2.75) is 39.2 Å². The van der Waals surface area contributed by atoms with E-state index in [-0.39, 0.29) is 0 Å². The average Bonchev–Trinajstić information content (AvgIpc) is 2.71. The van der Waals surface area contributed by atoms with Crippen LogP contribution in [0.2, 0.25) is 0 Å². The number of nitrogens with zero attached hydrogens (tertiary/aromatic N) is 1. The fourth-order valence-corrected chi connectivity index (χ4v) is 2.94. The molecule has 0 aromatic heterocycles. The van der Waals surface area contributed by atoms with E-state index in [0.717, 1.165) is 25.4 Å². The highest BCUT2D eigenvalue weighted by Crippen LogP contribution is 2.22. The molecule has 1 saturated heterocycles. The fraction of sp³-hybridized carbons (Fsp3) is 0.647. The zero-order chi connectivity index (χ0) is 14.4. The van der Waals surface area contributed by atoms with Crippen molar-refractivity contribution < 1.29 is 4.74 Å². The van der Waals surface area contributed by atoms with Crippen LogP contribution in [0.15, 0.2) is 18.2 Å². The standard InChI is InChI=1S/C17H28N2O/c1-14-6-4-7-15(2)17(14)20-13-12-19(3)16-8-5-10-18-11-9-16/h4,6-7,16,18H,5,8-13H2,1-3H3. The topological polar surface area (TPSA) is 24.5 Å². The van der Waals surface area contributed by atoms with Gasteiger partial charge in [-0.25, -0.2) is 0 Å². The Bertz CT molecular complexity index is 391. The minimum absolute atomic E-state index is 0.701. The first kappa shape index (κ1) is 15.3. The van der Waals surface area contributed by atoms with Gasteiger partial charge in [-0.2, -0.15) is 0 Å². The van der Waals surface area contributed by atoms with Gasteiger partial charge in [-0.1, -0.05) is 18.2 Å². The van der Waals surface area contributed by atoms with Crippen LogP contribution in [-0.4, -0.2) is 44.2 Å². The number of nitrogens with one attached hydrogen (secondary N) is 1. The van der Waals surface area contributed by atoms with Crippen molar-refractivity contribution in [1.82, 2.24) is 10.2 Å². The van der Waals surface area contributed by atoms with Crippen molar-refractivity contribution >= 4 is 0 Å². The van der Waals surface area contributed by atoms with Crippen LogP contribution in [0.1, 0.15) is 30.4 Å². The summed E-state index contributed by atoms with van der Waals surface area (Å²) in [7, 11) is 2.23. The maximum Gasteiger partial charge on any atom is 0.125 e. The lowest BCUT2D eigenvalue weighted by molar-refractivity contribution is 0.179. The molecule has 1 unspecified atom stereocenters. The quantitative estimate of drug-likeness (QED) is 0.895. The second kappa shape index (κ2) is 7.65. The van der Waals surface area contributed by atoms with Gasteiger partial charge in [0.25, 0.3) is 0 Å². The number of hydrogen-bond donors (Lipinski definition) is 1. The van der Waals surface area contributed by atoms with Gasteiger partial charge >= 0.3 is 0 Å². The molecule has 1 atom stereocenters. The molecule has 3 nitrogen and oxygen atoms in total. The monoisotopic (exact) mass is 276 g/mol. The van der Waals surface area contributed by atoms with Crippen LogP contribution in [0.5, 0.6) is 5.75 Å². The lowest BCUT2D eigenvalue weighted by atomic mass is 10.1. The van der Waals surface area contributed by atoms with Crippen LogP contribution in [0.3, 0.4) is 0 Å². The Hall–Kier alpha value is -1.06. The highest BCUT2D eigenvalue weighted by Gasteiger charge is 2.16. The molecule has 2 rings (SSSR count). The molecule has 1 aromatic rings. The van der Waals surface area contributed by atoms with Crippen molar-refractivity contribution in [3.8, 4) is 5.75 Å². The van der Waals surface area contributed by atoms with Crippen LogP contribution >= 0.6 is 0 Å². The molecule has 0 saturated carbocycles. The minimum Gasteiger partial charge on any atom is -0.492 e. The van der Waals surface area contributed by atoms with Gasteiger partial charge in [-0.3, -0.25) is 4.90 Å². The predicted molar refractivity (Wildman–Crippen MR) is 84.5 cm³/mol. The summed E-state index contributed by atoms with van der Waals surface area (Å²) in [6.45, 7) is 8.31. The maximum absolute atomic E-state index is 6.00. The number of hydrogen-bond acceptors (Lipinski definition) is 3. The zero-order valence-electron chi connectivity index (χ0n) is 13.1. The number of rotatable bonds is 5. The number of likely N-dealkylation sites (N-methyl/N-ethyl adjacent to an activating group) is 1. The Morgan fingerprint density at radius 2 is 1.95 bits per heavy atom. The number of benzene rings is 1. The summed E-state index contributed by atoms with van der Waals surface area (Å²) in [6.07, 6.45) is 3.83. The normalized spacial score (nSPS) is 19.9. The van der Waals surface area contributed by atoms with E-state index in [1.54, 1.807) is 0 Å². The summed E-state index contributed by atoms with van der Waals surface area (Å²) in [5, 5.41) is 3.47. The van der Waals surface area contributed by atoms with Gasteiger partial charge in [-0.15, -0.1) is 0 Å². The van der Waals surface area contributed by atoms with Gasteiger partial charge in [0.15, 0.2) is 0 Å². The fourth-order valence-electron chi connectivity index (χ4n) is 2.94. The van der Waals surface area contributed by atoms with E-state index in [9.17, 15) is 0 Å². The van der Waals surface area contributed by atoms with Gasteiger partial charge in [-0.05, 0) is 64.4 Å². The maximum atomic E-state index is 6.00. The Morgan fingerprint density at radius 3 is 2.70 bits per heavy atom. The van der Waals surface area contributed by atoms with E-state index in [0.29, 0.717) is 6.04 Å². The zero-order valence-corrected chi connectivity index (χ0v) is 13.1. The van der Waals surface area contributed by atoms with Crippen LogP contribution in [0, 0.1) is 13.8 Å². The Labute approximate surface area is 123 Å². The third-order valence-corrected chi connectivity index (χ3v) is 4.27. The van der Waals surface area contributed by atoms with Crippen molar-refractivity contribution in [3.05, 3.63) is 29.3 Å². The van der Waals surface area contributed by atoms with Gasteiger partial charge in [0, 0.05) is 12.6 Å². The van der Waals surface area contributed by atoms with E-state index in [4.69, 9.17) is 4.74 Å². The van der Waals surface area contributed by atoms with Crippen LogP contribution < -0.4 is 10.1 Å². The lowest BCUT2D eigenvalue weighted by Gasteiger charge is -2.27. The summed E-state index contributed by atoms with van der Waals surface area (Å²) in [5.74, 6) is 1.06. The van der Waals surface area contributed by atoms with Crippen molar-refractivity contribution in [3.63, 3.8) is 0 Å². The minimum atomic E-state index is 0.701. The molecule has 1 aliphatic heterocycles. The van der Waals surface area contributed by atoms with E-state index < -0.39 is 0 Å². The van der Waals surface area contributed by atoms with E-state index >= 15 is 0 Å². The molecule has 3 heteroatoms. The van der Waals surface area contributed by atoms with E-state index in [1.807, 2.05) is 0 Å². The average molecular weight is 276 g/mol. The second-order valence-electron chi connectivity index (χ2n) is 5.88. The molecule has 1 fully saturated rings. The highest BCUT2D eigenvalue weighted by molar-refractivity contribution is 5.39. The SMILES string of the molecule is Cc1cccc(C)c1OCCN(C)C1CCCNCC1.